The predicted octanol–water partition coefficient (Wildman–Crippen LogP) is 3.82. The van der Waals surface area contributed by atoms with Crippen LogP contribution in [0.3, 0.4) is 0 Å². The Bertz CT molecular complexity index is 476. The van der Waals surface area contributed by atoms with Gasteiger partial charge in [0.2, 0.25) is 0 Å². The second-order valence-corrected chi connectivity index (χ2v) is 7.60. The van der Waals surface area contributed by atoms with Gasteiger partial charge in [-0.15, -0.1) is 0 Å². The van der Waals surface area contributed by atoms with E-state index in [0.717, 1.165) is 23.5 Å². The molecule has 1 fully saturated rings. The van der Waals surface area contributed by atoms with Crippen LogP contribution in [0.5, 0.6) is 5.75 Å². The van der Waals surface area contributed by atoms with E-state index in [0.29, 0.717) is 6.04 Å². The molecule has 3 unspecified atom stereocenters. The van der Waals surface area contributed by atoms with E-state index in [4.69, 9.17) is 4.74 Å². The van der Waals surface area contributed by atoms with E-state index in [1.807, 2.05) is 11.8 Å². The highest BCUT2D eigenvalue weighted by molar-refractivity contribution is 7.99. The second kappa shape index (κ2) is 7.06. The molecule has 0 heterocycles. The Hall–Kier alpha value is -0.670. The van der Waals surface area contributed by atoms with Crippen molar-refractivity contribution in [3.8, 4) is 5.75 Å². The van der Waals surface area contributed by atoms with E-state index in [-0.39, 0.29) is 0 Å². The molecule has 0 saturated heterocycles. The van der Waals surface area contributed by atoms with Crippen LogP contribution in [0.1, 0.15) is 43.2 Å². The standard InChI is InChI=1S/C18H27NOS/c1-20-17-9-7-13-6-8-16(10-14(13)11-17)19-15-4-3-5-18(12-15)21-2/h7,9,11,15-16,18-19H,3-6,8,10,12H2,1-2H3. The van der Waals surface area contributed by atoms with Crippen LogP contribution in [-0.2, 0) is 12.8 Å². The Morgan fingerprint density at radius 2 is 2.05 bits per heavy atom. The van der Waals surface area contributed by atoms with Crippen LogP contribution in [0.25, 0.3) is 0 Å². The number of hydrogen-bond donors (Lipinski definition) is 1. The Labute approximate surface area is 133 Å². The highest BCUT2D eigenvalue weighted by Crippen LogP contribution is 2.29. The zero-order valence-electron chi connectivity index (χ0n) is 13.2. The summed E-state index contributed by atoms with van der Waals surface area (Å²) in [5.41, 5.74) is 3.00. The van der Waals surface area contributed by atoms with Crippen LogP contribution >= 0.6 is 11.8 Å². The molecule has 2 aliphatic rings. The largest absolute Gasteiger partial charge is 0.497 e. The van der Waals surface area contributed by atoms with Crippen molar-refractivity contribution in [2.24, 2.45) is 0 Å². The molecule has 1 saturated carbocycles. The first-order chi connectivity index (χ1) is 10.3. The molecule has 0 bridgehead atoms. The van der Waals surface area contributed by atoms with Gasteiger partial charge in [-0.25, -0.2) is 0 Å². The summed E-state index contributed by atoms with van der Waals surface area (Å²) >= 11 is 2.05. The Kier molecular flexibility index (Phi) is 5.12. The molecule has 1 aromatic rings. The topological polar surface area (TPSA) is 21.3 Å². The Balaban J connectivity index is 1.60. The van der Waals surface area contributed by atoms with Crippen LogP contribution in [0.4, 0.5) is 0 Å². The third kappa shape index (κ3) is 3.75. The molecule has 0 radical (unpaired) electrons. The predicted molar refractivity (Wildman–Crippen MR) is 91.5 cm³/mol. The number of nitrogens with one attached hydrogen (secondary N) is 1. The lowest BCUT2D eigenvalue weighted by Gasteiger charge is -2.34. The maximum atomic E-state index is 5.37. The smallest absolute Gasteiger partial charge is 0.119 e. The van der Waals surface area contributed by atoms with Crippen LogP contribution < -0.4 is 10.1 Å². The molecule has 116 valence electrons. The van der Waals surface area contributed by atoms with Crippen molar-refractivity contribution in [2.75, 3.05) is 13.4 Å². The molecule has 3 rings (SSSR count). The van der Waals surface area contributed by atoms with Gasteiger partial charge in [0, 0.05) is 17.3 Å². The zero-order valence-corrected chi connectivity index (χ0v) is 14.0. The normalized spacial score (nSPS) is 29.0. The average Bonchev–Trinajstić information content (AvgIpc) is 2.54. The van der Waals surface area contributed by atoms with Crippen molar-refractivity contribution in [1.82, 2.24) is 5.32 Å². The first-order valence-corrected chi connectivity index (χ1v) is 9.52. The van der Waals surface area contributed by atoms with Gasteiger partial charge in [0.05, 0.1) is 7.11 Å². The molecule has 0 aromatic heterocycles. The van der Waals surface area contributed by atoms with Crippen molar-refractivity contribution >= 4 is 11.8 Å². The van der Waals surface area contributed by atoms with Crippen molar-refractivity contribution < 1.29 is 4.74 Å². The van der Waals surface area contributed by atoms with Crippen molar-refractivity contribution in [3.63, 3.8) is 0 Å². The SMILES string of the molecule is COc1ccc2c(c1)CC(NC1CCCC(SC)C1)CC2. The van der Waals surface area contributed by atoms with Crippen molar-refractivity contribution in [2.45, 2.75) is 62.3 Å². The first kappa shape index (κ1) is 15.2. The minimum Gasteiger partial charge on any atom is -0.497 e. The van der Waals surface area contributed by atoms with Gasteiger partial charge in [0.15, 0.2) is 0 Å². The van der Waals surface area contributed by atoms with E-state index >= 15 is 0 Å². The Morgan fingerprint density at radius 3 is 2.86 bits per heavy atom. The highest BCUT2D eigenvalue weighted by atomic mass is 32.2. The van der Waals surface area contributed by atoms with Gasteiger partial charge in [0.1, 0.15) is 5.75 Å². The molecule has 2 aliphatic carbocycles. The molecule has 0 spiro atoms. The number of fused-ring (bicyclic) bond motifs is 1. The fourth-order valence-corrected chi connectivity index (χ4v) is 4.67. The monoisotopic (exact) mass is 305 g/mol. The fraction of sp³-hybridized carbons (Fsp3) is 0.667. The molecule has 21 heavy (non-hydrogen) atoms. The van der Waals surface area contributed by atoms with Crippen LogP contribution in [-0.4, -0.2) is 30.7 Å². The third-order valence-electron chi connectivity index (χ3n) is 5.07. The lowest BCUT2D eigenvalue weighted by atomic mass is 9.86. The summed E-state index contributed by atoms with van der Waals surface area (Å²) in [6, 6.07) is 7.95. The number of hydrogen-bond acceptors (Lipinski definition) is 3. The maximum absolute atomic E-state index is 5.37. The highest BCUT2D eigenvalue weighted by Gasteiger charge is 2.25. The molecule has 3 heteroatoms. The minimum absolute atomic E-state index is 0.648. The lowest BCUT2D eigenvalue weighted by molar-refractivity contribution is 0.325. The molecule has 1 aromatic carbocycles. The number of benzene rings is 1. The summed E-state index contributed by atoms with van der Waals surface area (Å²) in [4.78, 5) is 0. The fourth-order valence-electron chi connectivity index (χ4n) is 3.85. The summed E-state index contributed by atoms with van der Waals surface area (Å²) < 4.78 is 5.37. The van der Waals surface area contributed by atoms with E-state index in [1.165, 1.54) is 49.7 Å². The quantitative estimate of drug-likeness (QED) is 0.914. The number of thioether (sulfide) groups is 1. The summed E-state index contributed by atoms with van der Waals surface area (Å²) in [5, 5.41) is 4.81. The molecule has 1 N–H and O–H groups in total. The van der Waals surface area contributed by atoms with Gasteiger partial charge >= 0.3 is 0 Å². The number of aryl methyl sites for hydroxylation is 1. The van der Waals surface area contributed by atoms with Gasteiger partial charge in [-0.1, -0.05) is 12.5 Å². The molecule has 2 nitrogen and oxygen atoms in total. The average molecular weight is 305 g/mol. The molecular formula is C18H27NOS. The summed E-state index contributed by atoms with van der Waals surface area (Å²) in [7, 11) is 1.75. The van der Waals surface area contributed by atoms with Gasteiger partial charge < -0.3 is 10.1 Å². The minimum atomic E-state index is 0.648. The number of rotatable bonds is 4. The van der Waals surface area contributed by atoms with Crippen LogP contribution in [0, 0.1) is 0 Å². The third-order valence-corrected chi connectivity index (χ3v) is 6.17. The first-order valence-electron chi connectivity index (χ1n) is 8.23. The van der Waals surface area contributed by atoms with Crippen molar-refractivity contribution in [3.05, 3.63) is 29.3 Å². The lowest BCUT2D eigenvalue weighted by Crippen LogP contribution is -2.44. The molecular weight excluding hydrogens is 278 g/mol. The van der Waals surface area contributed by atoms with Gasteiger partial charge in [-0.2, -0.15) is 11.8 Å². The van der Waals surface area contributed by atoms with E-state index in [2.05, 4.69) is 29.8 Å². The molecule has 0 aliphatic heterocycles. The van der Waals surface area contributed by atoms with E-state index in [1.54, 1.807) is 7.11 Å². The second-order valence-electron chi connectivity index (χ2n) is 6.46. The molecule has 0 amide bonds. The summed E-state index contributed by atoms with van der Waals surface area (Å²) in [6.45, 7) is 0. The van der Waals surface area contributed by atoms with Crippen LogP contribution in [0.2, 0.25) is 0 Å². The van der Waals surface area contributed by atoms with E-state index < -0.39 is 0 Å². The van der Waals surface area contributed by atoms with Gasteiger partial charge in [-0.3, -0.25) is 0 Å². The van der Waals surface area contributed by atoms with Gasteiger partial charge in [-0.05, 0) is 68.0 Å². The summed E-state index contributed by atoms with van der Waals surface area (Å²) in [5.74, 6) is 0.995. The number of ether oxygens (including phenoxy) is 1. The maximum Gasteiger partial charge on any atom is 0.119 e. The Morgan fingerprint density at radius 1 is 1.14 bits per heavy atom. The zero-order chi connectivity index (χ0) is 14.7. The summed E-state index contributed by atoms with van der Waals surface area (Å²) in [6.07, 6.45) is 11.4. The van der Waals surface area contributed by atoms with E-state index in [9.17, 15) is 0 Å². The number of methoxy groups -OCH3 is 1. The van der Waals surface area contributed by atoms with Crippen LogP contribution in [0.15, 0.2) is 18.2 Å². The molecule has 3 atom stereocenters. The van der Waals surface area contributed by atoms with Crippen molar-refractivity contribution in [1.29, 1.82) is 0 Å². The van der Waals surface area contributed by atoms with Gasteiger partial charge in [0.25, 0.3) is 0 Å².